The van der Waals surface area contributed by atoms with Crippen LogP contribution in [-0.2, 0) is 9.53 Å². The number of benzene rings is 2. The summed E-state index contributed by atoms with van der Waals surface area (Å²) in [6, 6.07) is 14.4. The van der Waals surface area contributed by atoms with Crippen LogP contribution in [0.2, 0.25) is 0 Å². The fourth-order valence-corrected chi connectivity index (χ4v) is 2.20. The van der Waals surface area contributed by atoms with Crippen LogP contribution < -0.4 is 4.90 Å². The molecule has 0 saturated carbocycles. The minimum Gasteiger partial charge on any atom is -0.452 e. The topological polar surface area (TPSA) is 89.8 Å². The standard InChI is InChI=1S/C17H16N2O5/c1-2-18(13-8-4-3-5-9-13)16(20)12-24-17(21)14-10-6-7-11-15(14)19(22)23/h3-11H,2,12H2,1H3. The highest BCUT2D eigenvalue weighted by molar-refractivity contribution is 5.98. The third-order valence-electron chi connectivity index (χ3n) is 3.33. The second-order valence-corrected chi connectivity index (χ2v) is 4.82. The number of hydrogen-bond acceptors (Lipinski definition) is 5. The summed E-state index contributed by atoms with van der Waals surface area (Å²) in [5.41, 5.74) is 0.148. The molecule has 0 heterocycles. The Bertz CT molecular complexity index is 746. The maximum Gasteiger partial charge on any atom is 0.345 e. The van der Waals surface area contributed by atoms with E-state index in [1.807, 2.05) is 6.07 Å². The lowest BCUT2D eigenvalue weighted by Crippen LogP contribution is -2.34. The van der Waals surface area contributed by atoms with Gasteiger partial charge in [-0.05, 0) is 25.1 Å². The molecule has 2 rings (SSSR count). The van der Waals surface area contributed by atoms with Gasteiger partial charge >= 0.3 is 5.97 Å². The molecule has 0 atom stereocenters. The highest BCUT2D eigenvalue weighted by atomic mass is 16.6. The first-order valence-corrected chi connectivity index (χ1v) is 7.30. The molecule has 0 N–H and O–H groups in total. The number of esters is 1. The van der Waals surface area contributed by atoms with Crippen molar-refractivity contribution >= 4 is 23.3 Å². The Morgan fingerprint density at radius 1 is 1.08 bits per heavy atom. The quantitative estimate of drug-likeness (QED) is 0.462. The van der Waals surface area contributed by atoms with Gasteiger partial charge in [0.15, 0.2) is 6.61 Å². The summed E-state index contributed by atoms with van der Waals surface area (Å²) in [6.45, 7) is 1.72. The van der Waals surface area contributed by atoms with Gasteiger partial charge in [-0.2, -0.15) is 0 Å². The van der Waals surface area contributed by atoms with Crippen LogP contribution in [-0.4, -0.2) is 30.0 Å². The number of hydrogen-bond donors (Lipinski definition) is 0. The summed E-state index contributed by atoms with van der Waals surface area (Å²) in [7, 11) is 0. The zero-order chi connectivity index (χ0) is 17.5. The Morgan fingerprint density at radius 2 is 1.71 bits per heavy atom. The number of ether oxygens (including phenoxy) is 1. The van der Waals surface area contributed by atoms with Crippen LogP contribution in [0.5, 0.6) is 0 Å². The smallest absolute Gasteiger partial charge is 0.345 e. The zero-order valence-corrected chi connectivity index (χ0v) is 13.0. The summed E-state index contributed by atoms with van der Waals surface area (Å²) in [4.78, 5) is 36.0. The van der Waals surface area contributed by atoms with E-state index in [4.69, 9.17) is 4.74 Å². The number of rotatable bonds is 6. The highest BCUT2D eigenvalue weighted by Crippen LogP contribution is 2.19. The lowest BCUT2D eigenvalue weighted by Gasteiger charge is -2.20. The Labute approximate surface area is 138 Å². The van der Waals surface area contributed by atoms with Crippen molar-refractivity contribution in [3.05, 3.63) is 70.3 Å². The fourth-order valence-electron chi connectivity index (χ4n) is 2.20. The Kier molecular flexibility index (Phi) is 5.62. The summed E-state index contributed by atoms with van der Waals surface area (Å²) < 4.78 is 4.95. The van der Waals surface area contributed by atoms with Crippen LogP contribution in [0.15, 0.2) is 54.6 Å². The van der Waals surface area contributed by atoms with Crippen molar-refractivity contribution in [1.82, 2.24) is 0 Å². The van der Waals surface area contributed by atoms with Crippen LogP contribution in [0.25, 0.3) is 0 Å². The van der Waals surface area contributed by atoms with Crippen molar-refractivity contribution < 1.29 is 19.2 Å². The van der Waals surface area contributed by atoms with Crippen LogP contribution in [0, 0.1) is 10.1 Å². The number of likely N-dealkylation sites (N-methyl/N-ethyl adjacent to an activating group) is 1. The van der Waals surface area contributed by atoms with E-state index in [0.29, 0.717) is 12.2 Å². The highest BCUT2D eigenvalue weighted by Gasteiger charge is 2.22. The fraction of sp³-hybridized carbons (Fsp3) is 0.176. The molecule has 1 amide bonds. The number of para-hydroxylation sites is 2. The molecule has 7 heteroatoms. The Morgan fingerprint density at radius 3 is 2.33 bits per heavy atom. The maximum atomic E-state index is 12.2. The molecule has 0 radical (unpaired) electrons. The van der Waals surface area contributed by atoms with Gasteiger partial charge in [0, 0.05) is 18.3 Å². The SMILES string of the molecule is CCN(C(=O)COC(=O)c1ccccc1[N+](=O)[O-])c1ccccc1. The number of carbonyl (C=O) groups excluding carboxylic acids is 2. The normalized spacial score (nSPS) is 10.0. The first-order chi connectivity index (χ1) is 11.5. The largest absolute Gasteiger partial charge is 0.452 e. The first-order valence-electron chi connectivity index (χ1n) is 7.30. The van der Waals surface area contributed by atoms with Gasteiger partial charge in [-0.15, -0.1) is 0 Å². The number of nitro groups is 1. The van der Waals surface area contributed by atoms with E-state index in [1.165, 1.54) is 29.2 Å². The molecule has 0 unspecified atom stereocenters. The van der Waals surface area contributed by atoms with Crippen molar-refractivity contribution in [2.75, 3.05) is 18.1 Å². The van der Waals surface area contributed by atoms with E-state index >= 15 is 0 Å². The first kappa shape index (κ1) is 17.1. The minimum absolute atomic E-state index is 0.182. The molecule has 0 bridgehead atoms. The number of amides is 1. The van der Waals surface area contributed by atoms with E-state index in [2.05, 4.69) is 0 Å². The maximum absolute atomic E-state index is 12.2. The van der Waals surface area contributed by atoms with Gasteiger partial charge in [-0.25, -0.2) is 4.79 Å². The van der Waals surface area contributed by atoms with Crippen LogP contribution >= 0.6 is 0 Å². The molecule has 0 fully saturated rings. The number of nitrogens with zero attached hydrogens (tertiary/aromatic N) is 2. The summed E-state index contributed by atoms with van der Waals surface area (Å²) >= 11 is 0. The number of anilines is 1. The average Bonchev–Trinajstić information content (AvgIpc) is 2.61. The number of carbonyl (C=O) groups is 2. The summed E-state index contributed by atoms with van der Waals surface area (Å²) in [5.74, 6) is -1.31. The van der Waals surface area contributed by atoms with Gasteiger partial charge in [0.05, 0.1) is 4.92 Å². The third kappa shape index (κ3) is 3.95. The molecule has 24 heavy (non-hydrogen) atoms. The van der Waals surface area contributed by atoms with Crippen molar-refractivity contribution in [3.8, 4) is 0 Å². The molecule has 0 spiro atoms. The van der Waals surface area contributed by atoms with E-state index in [9.17, 15) is 19.7 Å². The second kappa shape index (κ2) is 7.87. The van der Waals surface area contributed by atoms with Crippen molar-refractivity contribution in [1.29, 1.82) is 0 Å². The molecule has 0 aliphatic heterocycles. The van der Waals surface area contributed by atoms with Gasteiger partial charge in [0.2, 0.25) is 0 Å². The molecule has 0 aliphatic rings. The molecule has 0 saturated heterocycles. The molecular formula is C17H16N2O5. The lowest BCUT2D eigenvalue weighted by atomic mass is 10.2. The second-order valence-electron chi connectivity index (χ2n) is 4.82. The summed E-state index contributed by atoms with van der Waals surface area (Å²) in [6.07, 6.45) is 0. The average molecular weight is 328 g/mol. The van der Waals surface area contributed by atoms with Gasteiger partial charge < -0.3 is 9.64 Å². The summed E-state index contributed by atoms with van der Waals surface area (Å²) in [5, 5.41) is 10.9. The molecule has 0 aliphatic carbocycles. The Hall–Kier alpha value is -3.22. The monoisotopic (exact) mass is 328 g/mol. The van der Waals surface area contributed by atoms with E-state index in [0.717, 1.165) is 0 Å². The zero-order valence-electron chi connectivity index (χ0n) is 13.0. The molecular weight excluding hydrogens is 312 g/mol. The van der Waals surface area contributed by atoms with E-state index in [1.54, 1.807) is 31.2 Å². The van der Waals surface area contributed by atoms with E-state index in [-0.39, 0.29) is 11.3 Å². The number of nitro benzene ring substituents is 1. The Balaban J connectivity index is 2.06. The molecule has 7 nitrogen and oxygen atoms in total. The molecule has 0 aromatic heterocycles. The van der Waals surface area contributed by atoms with Gasteiger partial charge in [-0.3, -0.25) is 14.9 Å². The van der Waals surface area contributed by atoms with Gasteiger partial charge in [0.25, 0.3) is 11.6 Å². The van der Waals surface area contributed by atoms with Crippen LogP contribution in [0.1, 0.15) is 17.3 Å². The predicted octanol–water partition coefficient (Wildman–Crippen LogP) is 2.80. The predicted molar refractivity (Wildman–Crippen MR) is 87.8 cm³/mol. The van der Waals surface area contributed by atoms with Crippen LogP contribution in [0.3, 0.4) is 0 Å². The lowest BCUT2D eigenvalue weighted by molar-refractivity contribution is -0.385. The van der Waals surface area contributed by atoms with E-state index < -0.39 is 23.4 Å². The molecule has 2 aromatic rings. The van der Waals surface area contributed by atoms with Crippen molar-refractivity contribution in [3.63, 3.8) is 0 Å². The van der Waals surface area contributed by atoms with Crippen molar-refractivity contribution in [2.45, 2.75) is 6.92 Å². The van der Waals surface area contributed by atoms with Crippen LogP contribution in [0.4, 0.5) is 11.4 Å². The molecule has 124 valence electrons. The van der Waals surface area contributed by atoms with Crippen molar-refractivity contribution in [2.24, 2.45) is 0 Å². The third-order valence-corrected chi connectivity index (χ3v) is 3.33. The van der Waals surface area contributed by atoms with Gasteiger partial charge in [0.1, 0.15) is 5.56 Å². The molecule has 2 aromatic carbocycles. The minimum atomic E-state index is -0.903. The van der Waals surface area contributed by atoms with Gasteiger partial charge in [-0.1, -0.05) is 30.3 Å².